The highest BCUT2D eigenvalue weighted by Gasteiger charge is 2.18. The number of rotatable bonds is 7. The minimum Gasteiger partial charge on any atom is -0.444 e. The molecule has 0 aliphatic heterocycles. The lowest BCUT2D eigenvalue weighted by Crippen LogP contribution is -2.44. The van der Waals surface area contributed by atoms with Crippen molar-refractivity contribution >= 4 is 6.09 Å². The fourth-order valence-electron chi connectivity index (χ4n) is 2.83. The fourth-order valence-corrected chi connectivity index (χ4v) is 2.83. The predicted octanol–water partition coefficient (Wildman–Crippen LogP) is 3.85. The largest absolute Gasteiger partial charge is 0.444 e. The summed E-state index contributed by atoms with van der Waals surface area (Å²) in [6.45, 7) is 9.62. The van der Waals surface area contributed by atoms with Crippen LogP contribution in [0.15, 0.2) is 0 Å². The van der Waals surface area contributed by atoms with E-state index in [0.29, 0.717) is 0 Å². The number of hydrogen-bond donors (Lipinski definition) is 2. The Bertz CT molecular complexity index is 294. The van der Waals surface area contributed by atoms with Gasteiger partial charge in [0.15, 0.2) is 0 Å². The first-order valence-corrected chi connectivity index (χ1v) is 8.61. The number of ether oxygens (including phenoxy) is 1. The second-order valence-electron chi connectivity index (χ2n) is 7.25. The molecule has 1 aliphatic carbocycles. The lowest BCUT2D eigenvalue weighted by atomic mass is 9.87. The van der Waals surface area contributed by atoms with Gasteiger partial charge in [0.25, 0.3) is 0 Å². The van der Waals surface area contributed by atoms with Gasteiger partial charge in [-0.15, -0.1) is 0 Å². The molecule has 0 radical (unpaired) electrons. The number of amides is 1. The fraction of sp³-hybridized carbons (Fsp3) is 0.941. The molecule has 0 bridgehead atoms. The average Bonchev–Trinajstić information content (AvgIpc) is 2.41. The van der Waals surface area contributed by atoms with Crippen LogP contribution in [0, 0.1) is 5.92 Å². The predicted molar refractivity (Wildman–Crippen MR) is 87.5 cm³/mol. The van der Waals surface area contributed by atoms with Crippen molar-refractivity contribution in [3.05, 3.63) is 0 Å². The summed E-state index contributed by atoms with van der Waals surface area (Å²) in [7, 11) is 0. The Balaban J connectivity index is 2.14. The molecule has 1 fully saturated rings. The van der Waals surface area contributed by atoms with Crippen molar-refractivity contribution in [3.63, 3.8) is 0 Å². The molecule has 21 heavy (non-hydrogen) atoms. The monoisotopic (exact) mass is 298 g/mol. The van der Waals surface area contributed by atoms with E-state index in [1.54, 1.807) is 0 Å². The Kier molecular flexibility index (Phi) is 8.09. The molecule has 1 atom stereocenters. The summed E-state index contributed by atoms with van der Waals surface area (Å²) in [5, 5.41) is 6.42. The molecule has 0 heterocycles. The van der Waals surface area contributed by atoms with Gasteiger partial charge >= 0.3 is 6.09 Å². The third-order valence-electron chi connectivity index (χ3n) is 4.06. The van der Waals surface area contributed by atoms with Crippen LogP contribution in [0.5, 0.6) is 0 Å². The van der Waals surface area contributed by atoms with Gasteiger partial charge in [0, 0.05) is 12.6 Å². The highest BCUT2D eigenvalue weighted by atomic mass is 16.6. The Hall–Kier alpha value is -0.770. The molecule has 124 valence electrons. The van der Waals surface area contributed by atoms with Crippen LogP contribution in [0.25, 0.3) is 0 Å². The molecule has 0 spiro atoms. The zero-order valence-electron chi connectivity index (χ0n) is 14.3. The maximum Gasteiger partial charge on any atom is 0.407 e. The number of alkyl carbamates (subject to hydrolysis) is 1. The van der Waals surface area contributed by atoms with Crippen LogP contribution in [0.1, 0.15) is 72.6 Å². The third kappa shape index (κ3) is 8.97. The van der Waals surface area contributed by atoms with E-state index in [2.05, 4.69) is 17.6 Å². The smallest absolute Gasteiger partial charge is 0.407 e. The van der Waals surface area contributed by atoms with Gasteiger partial charge in [0.05, 0.1) is 0 Å². The zero-order valence-corrected chi connectivity index (χ0v) is 14.3. The van der Waals surface area contributed by atoms with Crippen molar-refractivity contribution in [1.29, 1.82) is 0 Å². The van der Waals surface area contributed by atoms with Crippen LogP contribution in [-0.4, -0.2) is 30.8 Å². The summed E-state index contributed by atoms with van der Waals surface area (Å²) < 4.78 is 5.29. The van der Waals surface area contributed by atoms with Crippen molar-refractivity contribution in [2.45, 2.75) is 84.3 Å². The van der Waals surface area contributed by atoms with Gasteiger partial charge in [-0.05, 0) is 46.1 Å². The van der Waals surface area contributed by atoms with Gasteiger partial charge < -0.3 is 15.4 Å². The molecule has 4 heteroatoms. The highest BCUT2D eigenvalue weighted by molar-refractivity contribution is 5.68. The van der Waals surface area contributed by atoms with E-state index in [4.69, 9.17) is 4.74 Å². The lowest BCUT2D eigenvalue weighted by Gasteiger charge is -2.24. The van der Waals surface area contributed by atoms with E-state index in [0.717, 1.165) is 25.4 Å². The van der Waals surface area contributed by atoms with Crippen molar-refractivity contribution in [1.82, 2.24) is 10.6 Å². The Morgan fingerprint density at radius 1 is 1.24 bits per heavy atom. The molecule has 0 saturated heterocycles. The first-order valence-electron chi connectivity index (χ1n) is 8.61. The van der Waals surface area contributed by atoms with E-state index in [-0.39, 0.29) is 12.1 Å². The Morgan fingerprint density at radius 3 is 2.48 bits per heavy atom. The average molecular weight is 298 g/mol. The maximum absolute atomic E-state index is 11.7. The van der Waals surface area contributed by atoms with Gasteiger partial charge in [0.2, 0.25) is 0 Å². The third-order valence-corrected chi connectivity index (χ3v) is 4.06. The molecular formula is C17H34N2O2. The number of carbonyl (C=O) groups excluding carboxylic acids is 1. The summed E-state index contributed by atoms with van der Waals surface area (Å²) in [6.07, 6.45) is 8.89. The lowest BCUT2D eigenvalue weighted by molar-refractivity contribution is 0.0502. The van der Waals surface area contributed by atoms with E-state index in [1.807, 2.05) is 20.8 Å². The second kappa shape index (κ2) is 9.29. The molecule has 1 aliphatic rings. The molecule has 1 unspecified atom stereocenters. The van der Waals surface area contributed by atoms with Gasteiger partial charge in [-0.2, -0.15) is 0 Å². The number of carbonyl (C=O) groups is 1. The van der Waals surface area contributed by atoms with Gasteiger partial charge in [0.1, 0.15) is 5.60 Å². The van der Waals surface area contributed by atoms with Crippen LogP contribution >= 0.6 is 0 Å². The van der Waals surface area contributed by atoms with Crippen LogP contribution in [-0.2, 0) is 4.74 Å². The van der Waals surface area contributed by atoms with E-state index in [1.165, 1.54) is 38.5 Å². The van der Waals surface area contributed by atoms with Crippen molar-refractivity contribution in [2.24, 2.45) is 5.92 Å². The standard InChI is InChI=1S/C17H34N2O2/c1-5-15(19-16(20)21-17(2,3)4)13-18-12-11-14-9-7-6-8-10-14/h14-15,18H,5-13H2,1-4H3,(H,19,20). The van der Waals surface area contributed by atoms with Gasteiger partial charge in [-0.1, -0.05) is 39.0 Å². The summed E-state index contributed by atoms with van der Waals surface area (Å²) in [4.78, 5) is 11.7. The van der Waals surface area contributed by atoms with Crippen molar-refractivity contribution in [3.8, 4) is 0 Å². The molecule has 4 nitrogen and oxygen atoms in total. The Labute approximate surface area is 130 Å². The van der Waals surface area contributed by atoms with E-state index in [9.17, 15) is 4.79 Å². The SMILES string of the molecule is CCC(CNCCC1CCCCC1)NC(=O)OC(C)(C)C. The molecule has 1 amide bonds. The number of nitrogens with one attached hydrogen (secondary N) is 2. The summed E-state index contributed by atoms with van der Waals surface area (Å²) >= 11 is 0. The minimum atomic E-state index is -0.434. The summed E-state index contributed by atoms with van der Waals surface area (Å²) in [5.41, 5.74) is -0.434. The molecule has 2 N–H and O–H groups in total. The molecule has 0 aromatic carbocycles. The topological polar surface area (TPSA) is 50.4 Å². The minimum absolute atomic E-state index is 0.145. The van der Waals surface area contributed by atoms with Gasteiger partial charge in [-0.25, -0.2) is 4.79 Å². The van der Waals surface area contributed by atoms with Crippen molar-refractivity contribution < 1.29 is 9.53 Å². The molecule has 0 aromatic rings. The van der Waals surface area contributed by atoms with Crippen LogP contribution in [0.4, 0.5) is 4.79 Å². The molecule has 0 aromatic heterocycles. The first kappa shape index (κ1) is 18.3. The first-order chi connectivity index (χ1) is 9.90. The van der Waals surface area contributed by atoms with Crippen molar-refractivity contribution in [2.75, 3.05) is 13.1 Å². The highest BCUT2D eigenvalue weighted by Crippen LogP contribution is 2.25. The number of hydrogen-bond acceptors (Lipinski definition) is 3. The van der Waals surface area contributed by atoms with Crippen LogP contribution in [0.2, 0.25) is 0 Å². The normalized spacial score (nSPS) is 18.3. The maximum atomic E-state index is 11.7. The molecular weight excluding hydrogens is 264 g/mol. The quantitative estimate of drug-likeness (QED) is 0.702. The summed E-state index contributed by atoms with van der Waals surface area (Å²) in [6, 6.07) is 0.145. The molecule has 1 rings (SSSR count). The van der Waals surface area contributed by atoms with E-state index >= 15 is 0 Å². The Morgan fingerprint density at radius 2 is 1.90 bits per heavy atom. The second-order valence-corrected chi connectivity index (χ2v) is 7.25. The van der Waals surface area contributed by atoms with E-state index < -0.39 is 5.60 Å². The van der Waals surface area contributed by atoms with Gasteiger partial charge in [-0.3, -0.25) is 0 Å². The zero-order chi connectivity index (χ0) is 15.7. The van der Waals surface area contributed by atoms with Crippen LogP contribution < -0.4 is 10.6 Å². The summed E-state index contributed by atoms with van der Waals surface area (Å²) in [5.74, 6) is 0.908. The van der Waals surface area contributed by atoms with Crippen LogP contribution in [0.3, 0.4) is 0 Å². The molecule has 1 saturated carbocycles.